The number of aryl methyl sites for hydroxylation is 1. The largest absolute Gasteiger partial charge is 0.366 e. The molecule has 0 unspecified atom stereocenters. The minimum atomic E-state index is 0.515. The monoisotopic (exact) mass is 279 g/mol. The Labute approximate surface area is 117 Å². The number of fused-ring (bicyclic) bond motifs is 1. The molecular weight excluding hydrogens is 262 g/mol. The van der Waals surface area contributed by atoms with E-state index in [0.29, 0.717) is 5.15 Å². The van der Waals surface area contributed by atoms with Crippen molar-refractivity contribution in [2.45, 2.75) is 13.3 Å². The van der Waals surface area contributed by atoms with E-state index in [9.17, 15) is 0 Å². The first kappa shape index (κ1) is 12.7. The average molecular weight is 280 g/mol. The number of imidazole rings is 1. The Morgan fingerprint density at radius 3 is 2.68 bits per heavy atom. The quantitative estimate of drug-likeness (QED) is 0.838. The Morgan fingerprint density at radius 2 is 2.00 bits per heavy atom. The van der Waals surface area contributed by atoms with Crippen LogP contribution in [0, 0.1) is 0 Å². The summed E-state index contributed by atoms with van der Waals surface area (Å²) in [5.41, 5.74) is 3.05. The third-order valence-corrected chi connectivity index (χ3v) is 3.82. The van der Waals surface area contributed by atoms with E-state index in [1.165, 1.54) is 0 Å². The minimum Gasteiger partial charge on any atom is -0.366 e. The van der Waals surface area contributed by atoms with Gasteiger partial charge in [-0.1, -0.05) is 18.5 Å². The average Bonchev–Trinajstić information content (AvgIpc) is 2.81. The molecule has 2 aromatic rings. The number of aromatic nitrogens is 3. The van der Waals surface area contributed by atoms with E-state index in [1.807, 2.05) is 12.3 Å². The first-order valence-electron chi connectivity index (χ1n) is 6.65. The molecule has 0 spiro atoms. The van der Waals surface area contributed by atoms with Crippen LogP contribution < -0.4 is 4.90 Å². The molecule has 3 heterocycles. The maximum absolute atomic E-state index is 6.13. The number of piperazine rings is 1. The standard InChI is InChI=1S/C13H18ClN5/c1-3-10-9-19-13(15-10)11(8-12(14)16-19)18-6-4-17(2)5-7-18/h8-9H,3-7H2,1-2H3. The third-order valence-electron chi connectivity index (χ3n) is 3.63. The molecule has 1 fully saturated rings. The molecule has 6 heteroatoms. The number of hydrogen-bond acceptors (Lipinski definition) is 4. The van der Waals surface area contributed by atoms with Crippen molar-refractivity contribution in [3.05, 3.63) is 23.1 Å². The summed E-state index contributed by atoms with van der Waals surface area (Å²) in [7, 11) is 2.15. The molecule has 0 saturated carbocycles. The van der Waals surface area contributed by atoms with Crippen LogP contribution in [0.4, 0.5) is 5.69 Å². The van der Waals surface area contributed by atoms with Crippen LogP contribution in [0.5, 0.6) is 0 Å². The van der Waals surface area contributed by atoms with Gasteiger partial charge in [0, 0.05) is 32.2 Å². The molecule has 1 saturated heterocycles. The van der Waals surface area contributed by atoms with Gasteiger partial charge < -0.3 is 9.80 Å². The lowest BCUT2D eigenvalue weighted by molar-refractivity contribution is 0.313. The highest BCUT2D eigenvalue weighted by Gasteiger charge is 2.19. The van der Waals surface area contributed by atoms with Crippen molar-refractivity contribution in [3.8, 4) is 0 Å². The Bertz CT molecular complexity index is 586. The molecule has 0 N–H and O–H groups in total. The second-order valence-corrected chi connectivity index (χ2v) is 5.38. The lowest BCUT2D eigenvalue weighted by atomic mass is 10.3. The number of rotatable bonds is 2. The lowest BCUT2D eigenvalue weighted by Crippen LogP contribution is -2.44. The first-order chi connectivity index (χ1) is 9.17. The van der Waals surface area contributed by atoms with E-state index < -0.39 is 0 Å². The molecule has 2 aromatic heterocycles. The van der Waals surface area contributed by atoms with Crippen LogP contribution in [0.3, 0.4) is 0 Å². The second kappa shape index (κ2) is 4.98. The summed E-state index contributed by atoms with van der Waals surface area (Å²) in [6, 6.07) is 1.93. The van der Waals surface area contributed by atoms with E-state index >= 15 is 0 Å². The van der Waals surface area contributed by atoms with Gasteiger partial charge in [-0.3, -0.25) is 0 Å². The summed E-state index contributed by atoms with van der Waals surface area (Å²) in [5.74, 6) is 0. The maximum Gasteiger partial charge on any atom is 0.177 e. The van der Waals surface area contributed by atoms with Gasteiger partial charge in [0.1, 0.15) is 0 Å². The van der Waals surface area contributed by atoms with Crippen LogP contribution in [0.25, 0.3) is 5.65 Å². The fourth-order valence-corrected chi connectivity index (χ4v) is 2.61. The van der Waals surface area contributed by atoms with Gasteiger partial charge in [-0.2, -0.15) is 5.10 Å². The smallest absolute Gasteiger partial charge is 0.177 e. The fraction of sp³-hybridized carbons (Fsp3) is 0.538. The van der Waals surface area contributed by atoms with Crippen molar-refractivity contribution in [2.24, 2.45) is 0 Å². The van der Waals surface area contributed by atoms with Crippen LogP contribution in [-0.2, 0) is 6.42 Å². The number of likely N-dealkylation sites (N-methyl/N-ethyl adjacent to an activating group) is 1. The van der Waals surface area contributed by atoms with E-state index in [4.69, 9.17) is 11.6 Å². The van der Waals surface area contributed by atoms with Crippen LogP contribution in [-0.4, -0.2) is 52.7 Å². The molecule has 3 rings (SSSR count). The SMILES string of the molecule is CCc1cn2nc(Cl)cc(N3CCN(C)CC3)c2n1. The summed E-state index contributed by atoms with van der Waals surface area (Å²) < 4.78 is 1.80. The van der Waals surface area contributed by atoms with Crippen molar-refractivity contribution in [1.29, 1.82) is 0 Å². The Morgan fingerprint density at radius 1 is 1.26 bits per heavy atom. The van der Waals surface area contributed by atoms with Gasteiger partial charge in [-0.15, -0.1) is 0 Å². The summed E-state index contributed by atoms with van der Waals surface area (Å²) in [6.45, 7) is 6.22. The van der Waals surface area contributed by atoms with Gasteiger partial charge in [-0.05, 0) is 13.5 Å². The molecule has 1 aliphatic heterocycles. The van der Waals surface area contributed by atoms with Crippen molar-refractivity contribution < 1.29 is 0 Å². The summed E-state index contributed by atoms with van der Waals surface area (Å²) in [6.07, 6.45) is 2.87. The van der Waals surface area contributed by atoms with E-state index in [-0.39, 0.29) is 0 Å². The Kier molecular flexibility index (Phi) is 3.33. The third kappa shape index (κ3) is 2.40. The van der Waals surface area contributed by atoms with Gasteiger partial charge in [-0.25, -0.2) is 9.50 Å². The minimum absolute atomic E-state index is 0.515. The predicted molar refractivity (Wildman–Crippen MR) is 77.1 cm³/mol. The van der Waals surface area contributed by atoms with Crippen molar-refractivity contribution in [1.82, 2.24) is 19.5 Å². The molecular formula is C13H18ClN5. The van der Waals surface area contributed by atoms with Crippen molar-refractivity contribution >= 4 is 22.9 Å². The summed E-state index contributed by atoms with van der Waals surface area (Å²) in [5, 5.41) is 4.81. The lowest BCUT2D eigenvalue weighted by Gasteiger charge is -2.34. The molecule has 0 atom stereocenters. The molecule has 0 aromatic carbocycles. The molecule has 1 aliphatic rings. The van der Waals surface area contributed by atoms with Crippen molar-refractivity contribution in [3.63, 3.8) is 0 Å². The number of anilines is 1. The topological polar surface area (TPSA) is 36.7 Å². The maximum atomic E-state index is 6.13. The molecule has 0 amide bonds. The van der Waals surface area contributed by atoms with Gasteiger partial charge in [0.05, 0.1) is 17.6 Å². The second-order valence-electron chi connectivity index (χ2n) is 5.00. The predicted octanol–water partition coefficient (Wildman–Crippen LogP) is 1.70. The number of halogens is 1. The van der Waals surface area contributed by atoms with E-state index in [2.05, 4.69) is 33.9 Å². The van der Waals surface area contributed by atoms with E-state index in [1.54, 1.807) is 4.52 Å². The van der Waals surface area contributed by atoms with Gasteiger partial charge in [0.2, 0.25) is 0 Å². The molecule has 5 nitrogen and oxygen atoms in total. The zero-order valence-corrected chi connectivity index (χ0v) is 12.1. The van der Waals surface area contributed by atoms with Crippen LogP contribution in [0.15, 0.2) is 12.3 Å². The Balaban J connectivity index is 2.03. The Hall–Kier alpha value is -1.33. The summed E-state index contributed by atoms with van der Waals surface area (Å²) in [4.78, 5) is 9.33. The molecule has 0 radical (unpaired) electrons. The first-order valence-corrected chi connectivity index (χ1v) is 7.03. The number of nitrogens with zero attached hydrogens (tertiary/aromatic N) is 5. The van der Waals surface area contributed by atoms with Crippen LogP contribution >= 0.6 is 11.6 Å². The van der Waals surface area contributed by atoms with Gasteiger partial charge in [0.25, 0.3) is 0 Å². The highest BCUT2D eigenvalue weighted by atomic mass is 35.5. The van der Waals surface area contributed by atoms with Gasteiger partial charge in [0.15, 0.2) is 10.8 Å². The molecule has 0 aliphatic carbocycles. The summed E-state index contributed by atoms with van der Waals surface area (Å²) >= 11 is 6.13. The molecule has 102 valence electrons. The highest BCUT2D eigenvalue weighted by Crippen LogP contribution is 2.24. The highest BCUT2D eigenvalue weighted by molar-refractivity contribution is 6.29. The molecule has 19 heavy (non-hydrogen) atoms. The van der Waals surface area contributed by atoms with Crippen LogP contribution in [0.2, 0.25) is 5.15 Å². The van der Waals surface area contributed by atoms with Crippen molar-refractivity contribution in [2.75, 3.05) is 38.1 Å². The zero-order chi connectivity index (χ0) is 13.4. The normalized spacial score (nSPS) is 17.3. The van der Waals surface area contributed by atoms with E-state index in [0.717, 1.165) is 49.6 Å². The van der Waals surface area contributed by atoms with Crippen LogP contribution in [0.1, 0.15) is 12.6 Å². The fourth-order valence-electron chi connectivity index (χ4n) is 2.43. The number of hydrogen-bond donors (Lipinski definition) is 0. The van der Waals surface area contributed by atoms with Gasteiger partial charge >= 0.3 is 0 Å². The molecule has 0 bridgehead atoms. The zero-order valence-electron chi connectivity index (χ0n) is 11.3.